The lowest BCUT2D eigenvalue weighted by Gasteiger charge is -2.28. The van der Waals surface area contributed by atoms with Crippen LogP contribution in [0.25, 0.3) is 0 Å². The second-order valence-corrected chi connectivity index (χ2v) is 5.15. The summed E-state index contributed by atoms with van der Waals surface area (Å²) in [5, 5.41) is 12.4. The lowest BCUT2D eigenvalue weighted by molar-refractivity contribution is 0.0660. The molecule has 18 heavy (non-hydrogen) atoms. The van der Waals surface area contributed by atoms with Gasteiger partial charge in [-0.15, -0.1) is 0 Å². The molecule has 1 saturated carbocycles. The Bertz CT molecular complexity index is 393. The molecule has 4 heteroatoms. The molecule has 1 aromatic rings. The molecule has 0 aromatic carbocycles. The minimum atomic E-state index is -0.998. The highest BCUT2D eigenvalue weighted by Gasteiger charge is 2.20. The van der Waals surface area contributed by atoms with Crippen LogP contribution in [0, 0.1) is 5.92 Å². The lowest BCUT2D eigenvalue weighted by Crippen LogP contribution is -2.34. The van der Waals surface area contributed by atoms with Crippen LogP contribution in [0.1, 0.15) is 55.1 Å². The van der Waals surface area contributed by atoms with Gasteiger partial charge in [-0.3, -0.25) is 0 Å². The van der Waals surface area contributed by atoms with Gasteiger partial charge in [-0.05, 0) is 31.7 Å². The highest BCUT2D eigenvalue weighted by atomic mass is 16.4. The van der Waals surface area contributed by atoms with Gasteiger partial charge in [-0.25, -0.2) is 4.79 Å². The molecule has 0 bridgehead atoms. The molecule has 2 N–H and O–H groups in total. The maximum absolute atomic E-state index is 10.9. The first-order valence-electron chi connectivity index (χ1n) is 6.71. The van der Waals surface area contributed by atoms with Gasteiger partial charge < -0.3 is 14.8 Å². The van der Waals surface area contributed by atoms with Crippen LogP contribution in [-0.4, -0.2) is 17.1 Å². The van der Waals surface area contributed by atoms with E-state index >= 15 is 0 Å². The number of hydrogen-bond acceptors (Lipinski definition) is 3. The monoisotopic (exact) mass is 251 g/mol. The maximum atomic E-state index is 10.9. The average molecular weight is 251 g/mol. The normalized spacial score (nSPS) is 18.7. The van der Waals surface area contributed by atoms with E-state index in [0.717, 1.165) is 11.5 Å². The van der Waals surface area contributed by atoms with Gasteiger partial charge in [0.25, 0.3) is 0 Å². The summed E-state index contributed by atoms with van der Waals surface area (Å²) in [5.41, 5.74) is 0.727. The van der Waals surface area contributed by atoms with E-state index in [9.17, 15) is 4.79 Å². The van der Waals surface area contributed by atoms with Crippen molar-refractivity contribution in [1.82, 2.24) is 5.32 Å². The molecule has 1 atom stereocenters. The fourth-order valence-corrected chi connectivity index (χ4v) is 2.73. The highest BCUT2D eigenvalue weighted by molar-refractivity contribution is 5.86. The van der Waals surface area contributed by atoms with Crippen molar-refractivity contribution in [3.05, 3.63) is 23.7 Å². The van der Waals surface area contributed by atoms with Gasteiger partial charge in [0.15, 0.2) is 0 Å². The second-order valence-electron chi connectivity index (χ2n) is 5.15. The molecule has 1 aliphatic rings. The summed E-state index contributed by atoms with van der Waals surface area (Å²) >= 11 is 0. The highest BCUT2D eigenvalue weighted by Crippen LogP contribution is 2.26. The number of nitrogens with one attached hydrogen (secondary N) is 1. The summed E-state index contributed by atoms with van der Waals surface area (Å²) in [6.07, 6.45) is 8.00. The summed E-state index contributed by atoms with van der Waals surface area (Å²) in [4.78, 5) is 10.9. The molecule has 1 fully saturated rings. The van der Waals surface area contributed by atoms with Crippen molar-refractivity contribution in [1.29, 1.82) is 0 Å². The van der Waals surface area contributed by atoms with Crippen LogP contribution < -0.4 is 5.32 Å². The van der Waals surface area contributed by atoms with Crippen LogP contribution in [0.15, 0.2) is 16.7 Å². The molecule has 100 valence electrons. The largest absolute Gasteiger partial charge is 0.475 e. The fraction of sp³-hybridized carbons (Fsp3) is 0.643. The summed E-state index contributed by atoms with van der Waals surface area (Å²) in [7, 11) is 0. The molecule has 1 unspecified atom stereocenters. The number of rotatable bonds is 5. The standard InChI is InChI=1S/C14H21NO3/c1-10(11-5-3-2-4-6-11)15-9-12-7-8-18-13(12)14(16)17/h7-8,10-11,15H,2-6,9H2,1H3,(H,16,17). The van der Waals surface area contributed by atoms with Crippen LogP contribution in [0.5, 0.6) is 0 Å². The Morgan fingerprint density at radius 3 is 2.89 bits per heavy atom. The molecule has 1 aromatic heterocycles. The van der Waals surface area contributed by atoms with E-state index in [1.807, 2.05) is 0 Å². The first-order valence-corrected chi connectivity index (χ1v) is 6.71. The second kappa shape index (κ2) is 6.05. The maximum Gasteiger partial charge on any atom is 0.372 e. The van der Waals surface area contributed by atoms with Crippen LogP contribution in [-0.2, 0) is 6.54 Å². The number of furan rings is 1. The summed E-state index contributed by atoms with van der Waals surface area (Å²) in [6, 6.07) is 2.16. The molecule has 1 heterocycles. The Morgan fingerprint density at radius 1 is 1.50 bits per heavy atom. The molecular weight excluding hydrogens is 230 g/mol. The van der Waals surface area contributed by atoms with Crippen molar-refractivity contribution in [2.45, 2.75) is 51.6 Å². The third kappa shape index (κ3) is 3.13. The van der Waals surface area contributed by atoms with Gasteiger partial charge in [0, 0.05) is 18.2 Å². The van der Waals surface area contributed by atoms with Gasteiger partial charge in [0.05, 0.1) is 6.26 Å². The Balaban J connectivity index is 1.86. The van der Waals surface area contributed by atoms with Gasteiger partial charge in [0.2, 0.25) is 5.76 Å². The van der Waals surface area contributed by atoms with E-state index in [4.69, 9.17) is 9.52 Å². The number of carboxylic acid groups (broad SMARTS) is 1. The molecule has 0 spiro atoms. The Hall–Kier alpha value is -1.29. The zero-order valence-electron chi connectivity index (χ0n) is 10.8. The van der Waals surface area contributed by atoms with Crippen LogP contribution in [0.3, 0.4) is 0 Å². The smallest absolute Gasteiger partial charge is 0.372 e. The zero-order chi connectivity index (χ0) is 13.0. The first-order chi connectivity index (χ1) is 8.68. The van der Waals surface area contributed by atoms with Crippen LogP contribution in [0.4, 0.5) is 0 Å². The quantitative estimate of drug-likeness (QED) is 0.844. The van der Waals surface area contributed by atoms with Crippen molar-refractivity contribution in [3.63, 3.8) is 0 Å². The van der Waals surface area contributed by atoms with Gasteiger partial charge in [0.1, 0.15) is 0 Å². The first kappa shape index (κ1) is 13.1. The number of carboxylic acids is 1. The third-order valence-corrected chi connectivity index (χ3v) is 3.91. The fourth-order valence-electron chi connectivity index (χ4n) is 2.73. The third-order valence-electron chi connectivity index (χ3n) is 3.91. The number of aromatic carboxylic acids is 1. The van der Waals surface area contributed by atoms with Crippen molar-refractivity contribution >= 4 is 5.97 Å². The predicted molar refractivity (Wildman–Crippen MR) is 68.5 cm³/mol. The summed E-state index contributed by atoms with van der Waals surface area (Å²) < 4.78 is 4.96. The molecule has 0 amide bonds. The molecule has 0 saturated heterocycles. The summed E-state index contributed by atoms with van der Waals surface area (Å²) in [6.45, 7) is 2.76. The molecule has 0 radical (unpaired) electrons. The van der Waals surface area contributed by atoms with E-state index in [1.165, 1.54) is 38.4 Å². The zero-order valence-corrected chi connectivity index (χ0v) is 10.8. The van der Waals surface area contributed by atoms with Gasteiger partial charge in [-0.1, -0.05) is 19.3 Å². The molecular formula is C14H21NO3. The predicted octanol–water partition coefficient (Wildman–Crippen LogP) is 3.04. The van der Waals surface area contributed by atoms with E-state index in [2.05, 4.69) is 12.2 Å². The van der Waals surface area contributed by atoms with Crippen LogP contribution >= 0.6 is 0 Å². The average Bonchev–Trinajstić information content (AvgIpc) is 2.85. The Labute approximate surface area is 107 Å². The van der Waals surface area contributed by atoms with E-state index < -0.39 is 5.97 Å². The van der Waals surface area contributed by atoms with E-state index in [0.29, 0.717) is 12.6 Å². The van der Waals surface area contributed by atoms with Gasteiger partial charge >= 0.3 is 5.97 Å². The van der Waals surface area contributed by atoms with E-state index in [-0.39, 0.29) is 5.76 Å². The summed E-state index contributed by atoms with van der Waals surface area (Å²) in [5.74, 6) is -0.223. The molecule has 0 aliphatic heterocycles. The van der Waals surface area contributed by atoms with Crippen molar-refractivity contribution in [2.24, 2.45) is 5.92 Å². The molecule has 4 nitrogen and oxygen atoms in total. The van der Waals surface area contributed by atoms with Crippen molar-refractivity contribution in [2.75, 3.05) is 0 Å². The van der Waals surface area contributed by atoms with Crippen molar-refractivity contribution < 1.29 is 14.3 Å². The molecule has 2 rings (SSSR count). The van der Waals surface area contributed by atoms with Gasteiger partial charge in [-0.2, -0.15) is 0 Å². The SMILES string of the molecule is CC(NCc1ccoc1C(=O)O)C1CCCCC1. The van der Waals surface area contributed by atoms with E-state index in [1.54, 1.807) is 6.07 Å². The van der Waals surface area contributed by atoms with Crippen molar-refractivity contribution in [3.8, 4) is 0 Å². The topological polar surface area (TPSA) is 62.5 Å². The number of carbonyl (C=O) groups is 1. The Kier molecular flexibility index (Phi) is 4.42. The van der Waals surface area contributed by atoms with Crippen LogP contribution in [0.2, 0.25) is 0 Å². The molecule has 1 aliphatic carbocycles. The minimum Gasteiger partial charge on any atom is -0.475 e. The number of hydrogen-bond donors (Lipinski definition) is 2. The Morgan fingerprint density at radius 2 is 2.22 bits per heavy atom. The minimum absolute atomic E-state index is 0.0540. The lowest BCUT2D eigenvalue weighted by atomic mass is 9.84.